The van der Waals surface area contributed by atoms with Crippen LogP contribution in [0.5, 0.6) is 17.2 Å². The maximum absolute atomic E-state index is 11.1. The van der Waals surface area contributed by atoms with Crippen LogP contribution in [-0.4, -0.2) is 35.9 Å². The first-order valence-corrected chi connectivity index (χ1v) is 9.29. The molecule has 0 radical (unpaired) electrons. The SMILES string of the molecule is CC(=O)NCCNc1cc(-c2cccc3c2OCO3)cc(-c2ccccc2O)n1. The summed E-state index contributed by atoms with van der Waals surface area (Å²) in [5, 5.41) is 16.3. The Bertz CT molecular complexity index is 1050. The molecule has 0 atom stereocenters. The van der Waals surface area contributed by atoms with Gasteiger partial charge in [-0.3, -0.25) is 4.79 Å². The van der Waals surface area contributed by atoms with Crippen LogP contribution in [0.3, 0.4) is 0 Å². The quantitative estimate of drug-likeness (QED) is 0.558. The van der Waals surface area contributed by atoms with Crippen molar-refractivity contribution >= 4 is 11.7 Å². The van der Waals surface area contributed by atoms with Gasteiger partial charge in [0.1, 0.15) is 11.6 Å². The van der Waals surface area contributed by atoms with Gasteiger partial charge in [0.05, 0.1) is 5.69 Å². The summed E-state index contributed by atoms with van der Waals surface area (Å²) in [5.41, 5.74) is 3.01. The second-order valence-electron chi connectivity index (χ2n) is 6.59. The molecule has 2 aromatic carbocycles. The fourth-order valence-corrected chi connectivity index (χ4v) is 3.19. The van der Waals surface area contributed by atoms with Crippen molar-refractivity contribution < 1.29 is 19.4 Å². The molecule has 2 heterocycles. The summed E-state index contributed by atoms with van der Waals surface area (Å²) in [6, 6.07) is 16.6. The van der Waals surface area contributed by atoms with Gasteiger partial charge in [0.2, 0.25) is 12.7 Å². The molecule has 0 saturated heterocycles. The monoisotopic (exact) mass is 391 g/mol. The average Bonchev–Trinajstić information content (AvgIpc) is 3.20. The Kier molecular flexibility index (Phi) is 5.20. The number of amides is 1. The third-order valence-electron chi connectivity index (χ3n) is 4.52. The van der Waals surface area contributed by atoms with Crippen molar-refractivity contribution in [2.24, 2.45) is 0 Å². The number of para-hydroxylation sites is 2. The van der Waals surface area contributed by atoms with Crippen LogP contribution < -0.4 is 20.1 Å². The molecular formula is C22H21N3O4. The largest absolute Gasteiger partial charge is 0.507 e. The molecule has 1 amide bonds. The van der Waals surface area contributed by atoms with Gasteiger partial charge < -0.3 is 25.2 Å². The summed E-state index contributed by atoms with van der Waals surface area (Å²) < 4.78 is 11.2. The summed E-state index contributed by atoms with van der Waals surface area (Å²) in [4.78, 5) is 15.7. The molecule has 4 rings (SSSR count). The van der Waals surface area contributed by atoms with E-state index in [1.165, 1.54) is 6.92 Å². The summed E-state index contributed by atoms with van der Waals surface area (Å²) >= 11 is 0. The molecule has 0 fully saturated rings. The lowest BCUT2D eigenvalue weighted by atomic mass is 10.0. The van der Waals surface area contributed by atoms with Crippen molar-refractivity contribution in [1.82, 2.24) is 10.3 Å². The number of ether oxygens (including phenoxy) is 2. The molecule has 1 aliphatic rings. The molecule has 3 aromatic rings. The fraction of sp³-hybridized carbons (Fsp3) is 0.182. The van der Waals surface area contributed by atoms with E-state index in [0.717, 1.165) is 11.1 Å². The number of pyridine rings is 1. The smallest absolute Gasteiger partial charge is 0.231 e. The molecule has 0 unspecified atom stereocenters. The minimum Gasteiger partial charge on any atom is -0.507 e. The zero-order chi connectivity index (χ0) is 20.2. The number of carbonyl (C=O) groups excluding carboxylic acids is 1. The first-order valence-electron chi connectivity index (χ1n) is 9.29. The minimum absolute atomic E-state index is 0.0830. The van der Waals surface area contributed by atoms with Crippen LogP contribution >= 0.6 is 0 Å². The number of phenolic OH excluding ortho intramolecular Hbond substituents is 1. The number of nitrogens with zero attached hydrogens (tertiary/aromatic N) is 1. The number of rotatable bonds is 6. The van der Waals surface area contributed by atoms with Crippen LogP contribution in [0, 0.1) is 0 Å². The van der Waals surface area contributed by atoms with E-state index in [1.807, 2.05) is 42.5 Å². The van der Waals surface area contributed by atoms with Crippen molar-refractivity contribution in [2.45, 2.75) is 6.92 Å². The van der Waals surface area contributed by atoms with Gasteiger partial charge in [-0.15, -0.1) is 0 Å². The van der Waals surface area contributed by atoms with Crippen molar-refractivity contribution in [1.29, 1.82) is 0 Å². The summed E-state index contributed by atoms with van der Waals surface area (Å²) in [5.74, 6) is 2.08. The number of hydrogen-bond acceptors (Lipinski definition) is 6. The summed E-state index contributed by atoms with van der Waals surface area (Å²) in [7, 11) is 0. The highest BCUT2D eigenvalue weighted by Gasteiger charge is 2.20. The van der Waals surface area contributed by atoms with Gasteiger partial charge in [-0.25, -0.2) is 4.98 Å². The van der Waals surface area contributed by atoms with Gasteiger partial charge in [0.15, 0.2) is 11.5 Å². The Labute approximate surface area is 168 Å². The minimum atomic E-state index is -0.0830. The van der Waals surface area contributed by atoms with Crippen LogP contribution in [-0.2, 0) is 4.79 Å². The second kappa shape index (κ2) is 8.10. The molecule has 1 aromatic heterocycles. The summed E-state index contributed by atoms with van der Waals surface area (Å²) in [6.07, 6.45) is 0. The normalized spacial score (nSPS) is 11.9. The van der Waals surface area contributed by atoms with E-state index in [1.54, 1.807) is 12.1 Å². The lowest BCUT2D eigenvalue weighted by Crippen LogP contribution is -2.26. The highest BCUT2D eigenvalue weighted by molar-refractivity contribution is 5.80. The first kappa shape index (κ1) is 18.6. The molecule has 7 heteroatoms. The third-order valence-corrected chi connectivity index (χ3v) is 4.52. The maximum atomic E-state index is 11.1. The Morgan fingerprint density at radius 1 is 1.07 bits per heavy atom. The van der Waals surface area contributed by atoms with E-state index >= 15 is 0 Å². The van der Waals surface area contributed by atoms with E-state index < -0.39 is 0 Å². The molecule has 1 aliphatic heterocycles. The molecule has 0 saturated carbocycles. The lowest BCUT2D eigenvalue weighted by Gasteiger charge is -2.13. The number of carbonyl (C=O) groups is 1. The van der Waals surface area contributed by atoms with E-state index in [2.05, 4.69) is 15.6 Å². The molecule has 3 N–H and O–H groups in total. The molecule has 0 bridgehead atoms. The molecule has 29 heavy (non-hydrogen) atoms. The number of benzene rings is 2. The molecule has 0 spiro atoms. The van der Waals surface area contributed by atoms with Crippen molar-refractivity contribution in [2.75, 3.05) is 25.2 Å². The van der Waals surface area contributed by atoms with Gasteiger partial charge in [-0.05, 0) is 35.9 Å². The Morgan fingerprint density at radius 2 is 1.90 bits per heavy atom. The number of hydrogen-bond donors (Lipinski definition) is 3. The molecule has 7 nitrogen and oxygen atoms in total. The number of nitrogens with one attached hydrogen (secondary N) is 2. The molecule has 148 valence electrons. The van der Waals surface area contributed by atoms with Crippen molar-refractivity contribution in [3.05, 3.63) is 54.6 Å². The van der Waals surface area contributed by atoms with E-state index in [0.29, 0.717) is 41.7 Å². The van der Waals surface area contributed by atoms with Gasteiger partial charge >= 0.3 is 0 Å². The fourth-order valence-electron chi connectivity index (χ4n) is 3.19. The number of anilines is 1. The molecule has 0 aliphatic carbocycles. The maximum Gasteiger partial charge on any atom is 0.231 e. The molecular weight excluding hydrogens is 370 g/mol. The number of aromatic hydroxyl groups is 1. The first-order chi connectivity index (χ1) is 14.1. The number of phenols is 1. The van der Waals surface area contributed by atoms with E-state index in [4.69, 9.17) is 9.47 Å². The van der Waals surface area contributed by atoms with Crippen molar-refractivity contribution in [3.63, 3.8) is 0 Å². The van der Waals surface area contributed by atoms with Crippen molar-refractivity contribution in [3.8, 4) is 39.6 Å². The standard InChI is InChI=1S/C22H21N3O4/c1-14(26)23-9-10-24-21-12-15(16-6-4-8-20-22(16)29-13-28-20)11-18(25-21)17-5-2-3-7-19(17)27/h2-8,11-12,27H,9-10,13H2,1H3,(H,23,26)(H,24,25). The summed E-state index contributed by atoms with van der Waals surface area (Å²) in [6.45, 7) is 2.66. The van der Waals surface area contributed by atoms with Crippen LogP contribution in [0.15, 0.2) is 54.6 Å². The predicted molar refractivity (Wildman–Crippen MR) is 110 cm³/mol. The van der Waals surface area contributed by atoms with E-state index in [9.17, 15) is 9.90 Å². The highest BCUT2D eigenvalue weighted by atomic mass is 16.7. The third kappa shape index (κ3) is 4.08. The highest BCUT2D eigenvalue weighted by Crippen LogP contribution is 2.42. The van der Waals surface area contributed by atoms with Gasteiger partial charge in [-0.1, -0.05) is 24.3 Å². The topological polar surface area (TPSA) is 92.7 Å². The van der Waals surface area contributed by atoms with E-state index in [-0.39, 0.29) is 18.4 Å². The van der Waals surface area contributed by atoms with Crippen LogP contribution in [0.4, 0.5) is 5.82 Å². The predicted octanol–water partition coefficient (Wildman–Crippen LogP) is 3.40. The zero-order valence-electron chi connectivity index (χ0n) is 15.9. The van der Waals surface area contributed by atoms with Crippen LogP contribution in [0.2, 0.25) is 0 Å². The Hall–Kier alpha value is -3.74. The van der Waals surface area contributed by atoms with Crippen LogP contribution in [0.1, 0.15) is 6.92 Å². The average molecular weight is 391 g/mol. The second-order valence-corrected chi connectivity index (χ2v) is 6.59. The van der Waals surface area contributed by atoms with Crippen LogP contribution in [0.25, 0.3) is 22.4 Å². The number of aromatic nitrogens is 1. The van der Waals surface area contributed by atoms with Gasteiger partial charge in [-0.2, -0.15) is 0 Å². The van der Waals surface area contributed by atoms with Gasteiger partial charge in [0, 0.05) is 31.1 Å². The Morgan fingerprint density at radius 3 is 2.72 bits per heavy atom. The Balaban J connectivity index is 1.74. The number of fused-ring (bicyclic) bond motifs is 1. The zero-order valence-corrected chi connectivity index (χ0v) is 15.9. The lowest BCUT2D eigenvalue weighted by molar-refractivity contribution is -0.118. The van der Waals surface area contributed by atoms with Gasteiger partial charge in [0.25, 0.3) is 0 Å².